The molecule has 2 aliphatic rings. The van der Waals surface area contributed by atoms with Crippen molar-refractivity contribution in [1.82, 2.24) is 54.8 Å². The number of Topliss-reactive ketones (excluding diaryl/α,β-unsaturated/α-hetero) is 1. The van der Waals surface area contributed by atoms with Gasteiger partial charge in [-0.25, -0.2) is 37.3 Å². The molecule has 37 heteroatoms. The number of carbonyl (C=O) groups is 7. The molecule has 0 aliphatic carbocycles. The van der Waals surface area contributed by atoms with Crippen molar-refractivity contribution in [3.63, 3.8) is 0 Å². The molecule has 0 fully saturated rings. The van der Waals surface area contributed by atoms with E-state index in [0.717, 1.165) is 29.2 Å². The van der Waals surface area contributed by atoms with Crippen LogP contribution in [0.1, 0.15) is 112 Å². The minimum atomic E-state index is -3.48. The molecule has 4 atom stereocenters. The fourth-order valence-corrected chi connectivity index (χ4v) is 13.9. The van der Waals surface area contributed by atoms with Gasteiger partial charge in [-0.15, -0.1) is 5.10 Å². The van der Waals surface area contributed by atoms with E-state index in [1.807, 2.05) is 35.5 Å². The topological polar surface area (TPSA) is 424 Å². The van der Waals surface area contributed by atoms with Gasteiger partial charge < -0.3 is 82.7 Å². The number of likely N-dealkylation sites (N-methyl/N-ethyl adjacent to an activating group) is 1. The van der Waals surface area contributed by atoms with Crippen LogP contribution in [0.2, 0.25) is 0 Å². The first-order valence-electron chi connectivity index (χ1n) is 38.9. The average molecular weight is 1670 g/mol. The number of nitrogens with zero attached hydrogens (tertiary/aromatic N) is 8. The van der Waals surface area contributed by atoms with E-state index in [0.29, 0.717) is 171 Å². The smallest absolute Gasteiger partial charge is 0.457 e. The Morgan fingerprint density at radius 3 is 1.96 bits per heavy atom. The van der Waals surface area contributed by atoms with Crippen LogP contribution < -0.4 is 26.8 Å². The molecule has 1 unspecified atom stereocenters. The van der Waals surface area contributed by atoms with Crippen LogP contribution in [0.5, 0.6) is 0 Å². The summed E-state index contributed by atoms with van der Waals surface area (Å²) in [6.07, 6.45) is 8.16. The third kappa shape index (κ3) is 29.8. The highest BCUT2D eigenvalue weighted by molar-refractivity contribution is 7.97. The molecule has 2 aromatic carbocycles. The number of aryl methyl sites for hydroxylation is 1. The number of ether oxygens (including phenoxy) is 12. The maximum atomic E-state index is 14.4. The largest absolute Gasteiger partial charge is 0.510 e. The van der Waals surface area contributed by atoms with E-state index in [4.69, 9.17) is 61.8 Å². The second-order valence-electron chi connectivity index (χ2n) is 27.9. The predicted molar refractivity (Wildman–Crippen MR) is 429 cm³/mol. The van der Waals surface area contributed by atoms with Gasteiger partial charge in [0.15, 0.2) is 5.78 Å². The number of para-hydroxylation sites is 1. The standard InChI is InChI=1S/C80H108N12O23S2/c1-9-80(66-46-68-74-64(51-92(68)76(98)65(66)53-113-77(80)99)62(25-28-91(10-2)116(6,7)101)63-18-14-15-19-67(63)86-74)115-79(100)114-52-58-21-23-60(24-22-58)85-75(97)57(5)45-69(93)73(56(3)4)87-72(96)55-112-54-71(95)81-26-30-105-32-34-107-36-38-109-40-42-111-44-43-110-41-39-108-37-35-106-33-31-104-29-16-27-90-50-61(88-89-90)49-82-70(94)20-13-11-12-17-59-47-83-78(84-48-59)117(8,102)103/h14-15,18-19,21-24,46-48,50,56-57,73H,6,9-11,13,16,20,25-45,49,51-55H2,1-5,7-8H3,(H,81,95)(H,82,94)(H,85,97)(H,87,96)/t57-,73+,80+,116?/m1/s1. The average Bonchev–Trinajstić information content (AvgIpc) is 1.59. The van der Waals surface area contributed by atoms with E-state index in [1.165, 1.54) is 12.4 Å². The quantitative estimate of drug-likeness (QED) is 0.0136. The van der Waals surface area contributed by atoms with E-state index >= 15 is 0 Å². The van der Waals surface area contributed by atoms with Crippen LogP contribution >= 0.6 is 0 Å². The first-order chi connectivity index (χ1) is 56.3. The molecule has 117 heavy (non-hydrogen) atoms. The van der Waals surface area contributed by atoms with Crippen molar-refractivity contribution in [2.24, 2.45) is 11.8 Å². The molecule has 4 aromatic heterocycles. The summed E-state index contributed by atoms with van der Waals surface area (Å²) in [7, 11) is -5.97. The number of fused-ring (bicyclic) bond motifs is 5. The monoisotopic (exact) mass is 1670 g/mol. The number of aromatic nitrogens is 7. The van der Waals surface area contributed by atoms with Crippen LogP contribution in [-0.4, -0.2) is 256 Å². The molecule has 6 heterocycles. The number of nitrogens with one attached hydrogen (secondary N) is 4. The number of rotatable bonds is 54. The summed E-state index contributed by atoms with van der Waals surface area (Å²) in [4.78, 5) is 119. The molecule has 4 amide bonds. The van der Waals surface area contributed by atoms with E-state index in [2.05, 4.69) is 59.3 Å². The van der Waals surface area contributed by atoms with Crippen LogP contribution in [0.25, 0.3) is 22.3 Å². The summed E-state index contributed by atoms with van der Waals surface area (Å²) >= 11 is 0. The molecule has 0 saturated carbocycles. The Bertz CT molecular complexity index is 4650. The van der Waals surface area contributed by atoms with Gasteiger partial charge in [0.25, 0.3) is 5.56 Å². The Hall–Kier alpha value is -9.56. The molecule has 35 nitrogen and oxygen atoms in total. The van der Waals surface area contributed by atoms with Crippen LogP contribution in [0, 0.1) is 23.7 Å². The summed E-state index contributed by atoms with van der Waals surface area (Å²) in [6.45, 7) is 15.5. The molecular weight excluding hydrogens is 1560 g/mol. The normalized spacial score (nSPS) is 14.6. The fourth-order valence-electron chi connectivity index (χ4n) is 12.4. The van der Waals surface area contributed by atoms with Crippen LogP contribution in [0.4, 0.5) is 10.5 Å². The number of carbonyl (C=O) groups excluding carboxylic acids is 7. The summed E-state index contributed by atoms with van der Waals surface area (Å²) in [5.41, 5.74) is 3.31. The fraction of sp³-hybridized carbons (Fsp3) is 0.550. The zero-order chi connectivity index (χ0) is 84.2. The number of unbranched alkanes of at least 4 members (excludes halogenated alkanes) is 1. The van der Waals surface area contributed by atoms with Gasteiger partial charge in [0.1, 0.15) is 32.1 Å². The lowest BCUT2D eigenvalue weighted by molar-refractivity contribution is -0.175. The van der Waals surface area contributed by atoms with E-state index in [-0.39, 0.29) is 99.2 Å². The Kier molecular flexibility index (Phi) is 37.9. The molecule has 0 saturated heterocycles. The lowest BCUT2D eigenvalue weighted by Crippen LogP contribution is -2.47. The highest BCUT2D eigenvalue weighted by atomic mass is 32.2. The van der Waals surface area contributed by atoms with Crippen molar-refractivity contribution in [3.05, 3.63) is 123 Å². The van der Waals surface area contributed by atoms with Gasteiger partial charge in [-0.1, -0.05) is 82.0 Å². The molecule has 0 radical (unpaired) electrons. The summed E-state index contributed by atoms with van der Waals surface area (Å²) in [6, 6.07) is 14.7. The van der Waals surface area contributed by atoms with Gasteiger partial charge in [-0.2, -0.15) is 0 Å². The van der Waals surface area contributed by atoms with Gasteiger partial charge in [0.05, 0.1) is 152 Å². The third-order valence-corrected chi connectivity index (χ3v) is 21.0. The van der Waals surface area contributed by atoms with Crippen molar-refractivity contribution < 1.29 is 103 Å². The number of esters is 1. The van der Waals surface area contributed by atoms with Gasteiger partial charge in [0, 0.05) is 115 Å². The number of anilines is 1. The number of amides is 4. The molecule has 0 spiro atoms. The molecule has 0 bridgehead atoms. The van der Waals surface area contributed by atoms with Gasteiger partial charge >= 0.3 is 12.1 Å². The maximum Gasteiger partial charge on any atom is 0.510 e. The highest BCUT2D eigenvalue weighted by Crippen LogP contribution is 2.42. The number of cyclic esters (lactones) is 1. The molecular formula is C80H108N12O23S2. The summed E-state index contributed by atoms with van der Waals surface area (Å²) in [5.74, 6) is 5.59. The number of sulfone groups is 1. The number of pyridine rings is 2. The molecule has 638 valence electrons. The Labute approximate surface area is 681 Å². The van der Waals surface area contributed by atoms with Crippen LogP contribution in [-0.2, 0) is 150 Å². The Morgan fingerprint density at radius 1 is 0.735 bits per heavy atom. The zero-order valence-electron chi connectivity index (χ0n) is 67.5. The first-order valence-corrected chi connectivity index (χ1v) is 42.9. The Morgan fingerprint density at radius 2 is 1.35 bits per heavy atom. The van der Waals surface area contributed by atoms with Gasteiger partial charge in [-0.05, 0) is 72.9 Å². The van der Waals surface area contributed by atoms with E-state index in [1.54, 1.807) is 79.7 Å². The molecule has 4 N–H and O–H groups in total. The predicted octanol–water partition coefficient (Wildman–Crippen LogP) is 4.22. The van der Waals surface area contributed by atoms with Crippen molar-refractivity contribution in [2.45, 2.75) is 129 Å². The van der Waals surface area contributed by atoms with Crippen molar-refractivity contribution in [1.29, 1.82) is 0 Å². The molecule has 8 rings (SSSR count). The highest BCUT2D eigenvalue weighted by Gasteiger charge is 2.51. The summed E-state index contributed by atoms with van der Waals surface area (Å²) in [5, 5.41) is 19.8. The van der Waals surface area contributed by atoms with Gasteiger partial charge in [-0.3, -0.25) is 37.7 Å². The lowest BCUT2D eigenvalue weighted by Gasteiger charge is -2.35. The van der Waals surface area contributed by atoms with Crippen LogP contribution in [0.15, 0.2) is 83.1 Å². The number of hydrogen-bond acceptors (Lipinski definition) is 28. The van der Waals surface area contributed by atoms with Crippen molar-refractivity contribution >= 4 is 83.5 Å². The van der Waals surface area contributed by atoms with Crippen molar-refractivity contribution in [3.8, 4) is 23.2 Å². The minimum Gasteiger partial charge on any atom is -0.457 e. The number of benzene rings is 2. The van der Waals surface area contributed by atoms with E-state index < -0.39 is 85.7 Å². The second kappa shape index (κ2) is 47.7. The number of ketones is 1. The van der Waals surface area contributed by atoms with Gasteiger partial charge in [0.2, 0.25) is 44.2 Å². The first kappa shape index (κ1) is 92.9. The van der Waals surface area contributed by atoms with Crippen molar-refractivity contribution in [2.75, 3.05) is 156 Å². The SMILES string of the molecule is C=S(C)(=O)N(CC)CCc1c2c(nc3ccccc13)-c1cc3c(c(=O)n1C2)COC(=O)[C@@]3(CC)OC(=O)OCc1ccc(NC(=O)[C@H](C)CC(=O)[C@@H](NC(=O)COCC(=O)NCCOCCOCCOCCOCCOCCOCCOCCOCCCn2cc(CNC(=O)CCCC#Cc3cnc(S(C)(=O)=O)nc3)nn2)C(C)C)cc1. The number of hydrogen-bond donors (Lipinski definition) is 4. The molecule has 6 aromatic rings. The minimum absolute atomic E-state index is 0.0948. The molecule has 2 aliphatic heterocycles. The van der Waals surface area contributed by atoms with E-state index in [9.17, 15) is 51.0 Å². The second-order valence-corrected chi connectivity index (χ2v) is 32.3. The lowest BCUT2D eigenvalue weighted by atomic mass is 9.85. The zero-order valence-corrected chi connectivity index (χ0v) is 69.1. The van der Waals surface area contributed by atoms with Crippen LogP contribution in [0.3, 0.4) is 0 Å². The maximum absolute atomic E-state index is 14.4. The summed E-state index contributed by atoms with van der Waals surface area (Å²) < 4.78 is 108. The Balaban J connectivity index is 0.579. The third-order valence-electron chi connectivity index (χ3n) is 18.6.